The van der Waals surface area contributed by atoms with Crippen molar-refractivity contribution in [1.82, 2.24) is 29.9 Å². The first-order chi connectivity index (χ1) is 15.2. The van der Waals surface area contributed by atoms with Gasteiger partial charge >= 0.3 is 6.18 Å². The Balaban J connectivity index is 1.67. The Hall–Kier alpha value is -3.60. The molecule has 3 aromatic heterocycles. The fourth-order valence-corrected chi connectivity index (χ4v) is 3.76. The summed E-state index contributed by atoms with van der Waals surface area (Å²) in [5.41, 5.74) is 7.28. The van der Waals surface area contributed by atoms with Crippen LogP contribution in [0.25, 0.3) is 22.6 Å². The number of halogens is 4. The van der Waals surface area contributed by atoms with Gasteiger partial charge in [-0.15, -0.1) is 5.10 Å². The molecule has 0 amide bonds. The van der Waals surface area contributed by atoms with E-state index in [2.05, 4.69) is 53.9 Å². The van der Waals surface area contributed by atoms with Gasteiger partial charge in [-0.05, 0) is 52.9 Å². The molecule has 0 radical (unpaired) electrons. The van der Waals surface area contributed by atoms with Crippen LogP contribution < -0.4 is 5.73 Å². The zero-order valence-electron chi connectivity index (χ0n) is 16.0. The van der Waals surface area contributed by atoms with Crippen molar-refractivity contribution in [2.75, 3.05) is 5.73 Å². The summed E-state index contributed by atoms with van der Waals surface area (Å²) in [6.45, 7) is -0.0144. The lowest BCUT2D eigenvalue weighted by atomic mass is 10.0. The largest absolute Gasteiger partial charge is 0.433 e. The van der Waals surface area contributed by atoms with Crippen molar-refractivity contribution in [1.29, 1.82) is 5.26 Å². The van der Waals surface area contributed by atoms with E-state index in [0.29, 0.717) is 28.2 Å². The Morgan fingerprint density at radius 2 is 1.78 bits per heavy atom. The summed E-state index contributed by atoms with van der Waals surface area (Å²) >= 11 is 2.10. The lowest BCUT2D eigenvalue weighted by molar-refractivity contribution is -0.141. The minimum atomic E-state index is -4.53. The number of nitrogens with zero attached hydrogens (tertiary/aromatic N) is 7. The first-order valence-electron chi connectivity index (χ1n) is 9.02. The highest BCUT2D eigenvalue weighted by molar-refractivity contribution is 14.1. The van der Waals surface area contributed by atoms with Crippen LogP contribution in [0.3, 0.4) is 0 Å². The van der Waals surface area contributed by atoms with Gasteiger partial charge in [-0.2, -0.15) is 18.4 Å². The van der Waals surface area contributed by atoms with Crippen LogP contribution in [0.4, 0.5) is 19.1 Å². The summed E-state index contributed by atoms with van der Waals surface area (Å²) < 4.78 is 40.8. The highest BCUT2D eigenvalue weighted by Gasteiger charge is 2.32. The van der Waals surface area contributed by atoms with Gasteiger partial charge < -0.3 is 5.73 Å². The lowest BCUT2D eigenvalue weighted by Crippen LogP contribution is -2.11. The van der Waals surface area contributed by atoms with Crippen LogP contribution in [0.15, 0.2) is 48.7 Å². The second-order valence-corrected chi connectivity index (χ2v) is 7.75. The molecule has 0 bridgehead atoms. The Bertz CT molecular complexity index is 1340. The number of anilines is 1. The van der Waals surface area contributed by atoms with E-state index in [0.717, 1.165) is 9.64 Å². The number of aromatic nitrogens is 6. The predicted molar refractivity (Wildman–Crippen MR) is 117 cm³/mol. The van der Waals surface area contributed by atoms with E-state index in [9.17, 15) is 18.4 Å². The van der Waals surface area contributed by atoms with Gasteiger partial charge in [0.1, 0.15) is 11.4 Å². The highest BCUT2D eigenvalue weighted by Crippen LogP contribution is 2.30. The van der Waals surface area contributed by atoms with Gasteiger partial charge in [-0.1, -0.05) is 17.3 Å². The smallest absolute Gasteiger partial charge is 0.368 e. The number of rotatable bonds is 4. The normalized spacial score (nSPS) is 11.3. The molecule has 0 fully saturated rings. The minimum Gasteiger partial charge on any atom is -0.368 e. The van der Waals surface area contributed by atoms with E-state index >= 15 is 0 Å². The number of nitrogens with two attached hydrogens (primary N) is 1. The highest BCUT2D eigenvalue weighted by atomic mass is 127. The maximum atomic E-state index is 12.9. The zero-order valence-corrected chi connectivity index (χ0v) is 18.2. The molecule has 0 saturated carbocycles. The molecule has 4 rings (SSSR count). The first-order valence-corrected chi connectivity index (χ1v) is 10.1. The van der Waals surface area contributed by atoms with E-state index in [1.807, 2.05) is 6.07 Å². The number of pyridine rings is 1. The Labute approximate surface area is 193 Å². The monoisotopic (exact) mass is 548 g/mol. The zero-order chi connectivity index (χ0) is 22.9. The van der Waals surface area contributed by atoms with Crippen LogP contribution in [-0.4, -0.2) is 29.9 Å². The van der Waals surface area contributed by atoms with Gasteiger partial charge in [0.25, 0.3) is 0 Å². The van der Waals surface area contributed by atoms with Gasteiger partial charge in [0, 0.05) is 9.13 Å². The molecule has 12 heteroatoms. The first kappa shape index (κ1) is 21.6. The molecule has 0 aliphatic heterocycles. The molecule has 0 saturated heterocycles. The Kier molecular flexibility index (Phi) is 5.74. The van der Waals surface area contributed by atoms with Gasteiger partial charge in [0.05, 0.1) is 41.5 Å². The van der Waals surface area contributed by atoms with Crippen LogP contribution in [0.1, 0.15) is 17.0 Å². The molecule has 3 heterocycles. The molecule has 0 unspecified atom stereocenters. The Morgan fingerprint density at radius 1 is 1.03 bits per heavy atom. The van der Waals surface area contributed by atoms with E-state index in [-0.39, 0.29) is 18.2 Å². The molecule has 4 aromatic rings. The van der Waals surface area contributed by atoms with Gasteiger partial charge in [0.2, 0.25) is 5.95 Å². The minimum absolute atomic E-state index is 0.0144. The van der Waals surface area contributed by atoms with Gasteiger partial charge in [0.15, 0.2) is 0 Å². The maximum absolute atomic E-state index is 12.9. The third-order valence-electron chi connectivity index (χ3n) is 4.36. The molecule has 0 atom stereocenters. The fourth-order valence-electron chi connectivity index (χ4n) is 2.99. The number of benzene rings is 1. The van der Waals surface area contributed by atoms with Crippen LogP contribution >= 0.6 is 22.6 Å². The number of nitrogen functional groups attached to an aromatic ring is 1. The molecule has 0 aliphatic carbocycles. The van der Waals surface area contributed by atoms with Crippen molar-refractivity contribution < 1.29 is 13.2 Å². The summed E-state index contributed by atoms with van der Waals surface area (Å²) in [7, 11) is 0. The van der Waals surface area contributed by atoms with Crippen molar-refractivity contribution in [3.8, 4) is 28.7 Å². The van der Waals surface area contributed by atoms with Crippen LogP contribution in [-0.2, 0) is 12.7 Å². The van der Waals surface area contributed by atoms with E-state index in [1.54, 1.807) is 18.2 Å². The fraction of sp³-hybridized carbons (Fsp3) is 0.100. The average molecular weight is 548 g/mol. The quantitative estimate of drug-likeness (QED) is 0.384. The third kappa shape index (κ3) is 4.52. The molecule has 0 spiro atoms. The topological polar surface area (TPSA) is 119 Å². The van der Waals surface area contributed by atoms with Crippen molar-refractivity contribution in [3.63, 3.8) is 0 Å². The van der Waals surface area contributed by atoms with E-state index in [4.69, 9.17) is 5.73 Å². The molecular weight excluding hydrogens is 536 g/mol. The average Bonchev–Trinajstić information content (AvgIpc) is 3.21. The van der Waals surface area contributed by atoms with Crippen LogP contribution in [0.2, 0.25) is 0 Å². The third-order valence-corrected chi connectivity index (χ3v) is 5.25. The van der Waals surface area contributed by atoms with E-state index < -0.39 is 11.9 Å². The van der Waals surface area contributed by atoms with Crippen molar-refractivity contribution in [2.45, 2.75) is 12.7 Å². The molecule has 160 valence electrons. The summed E-state index contributed by atoms with van der Waals surface area (Å²) in [6, 6.07) is 12.7. The van der Waals surface area contributed by atoms with Crippen molar-refractivity contribution in [3.05, 3.63) is 69.2 Å². The lowest BCUT2D eigenvalue weighted by Gasteiger charge is -2.08. The number of alkyl halides is 3. The number of hydrogen-bond acceptors (Lipinski definition) is 7. The maximum Gasteiger partial charge on any atom is 0.433 e. The second kappa shape index (κ2) is 8.50. The van der Waals surface area contributed by atoms with Gasteiger partial charge in [-0.25, -0.2) is 19.6 Å². The summed E-state index contributed by atoms with van der Waals surface area (Å²) in [5, 5.41) is 17.4. The van der Waals surface area contributed by atoms with E-state index in [1.165, 1.54) is 23.0 Å². The van der Waals surface area contributed by atoms with Crippen molar-refractivity contribution in [2.24, 2.45) is 0 Å². The molecule has 32 heavy (non-hydrogen) atoms. The van der Waals surface area contributed by atoms with Crippen LogP contribution in [0, 0.1) is 14.9 Å². The SMILES string of the molecule is N#Cc1cccc(I)c1-c1cc(-c2cn(Cc3cccc(C(F)(F)F)n3)nn2)nc(N)n1. The van der Waals surface area contributed by atoms with Crippen molar-refractivity contribution >= 4 is 28.5 Å². The molecule has 0 aliphatic rings. The summed E-state index contributed by atoms with van der Waals surface area (Å²) in [4.78, 5) is 12.1. The number of nitriles is 1. The molecular formula is C20H12F3IN8. The summed E-state index contributed by atoms with van der Waals surface area (Å²) in [6.07, 6.45) is -3.01. The molecule has 2 N–H and O–H groups in total. The van der Waals surface area contributed by atoms with Crippen LogP contribution in [0.5, 0.6) is 0 Å². The summed E-state index contributed by atoms with van der Waals surface area (Å²) in [5.74, 6) is -0.0184. The molecule has 1 aromatic carbocycles. The predicted octanol–water partition coefficient (Wildman–Crippen LogP) is 3.92. The number of hydrogen-bond donors (Lipinski definition) is 1. The molecule has 8 nitrogen and oxygen atoms in total. The second-order valence-electron chi connectivity index (χ2n) is 6.58. The standard InChI is InChI=1S/C20H12F3IN8/c21-20(22,23)17-6-2-4-12(27-17)9-32-10-16(30-31-32)14-7-15(29-19(26)28-14)18-11(8-25)3-1-5-13(18)24/h1-7,10H,9H2,(H2,26,28,29). The Morgan fingerprint density at radius 3 is 2.53 bits per heavy atom. The van der Waals surface area contributed by atoms with Gasteiger partial charge in [-0.3, -0.25) is 0 Å².